The average Bonchev–Trinajstić information content (AvgIpc) is 3.04. The first-order valence-corrected chi connectivity index (χ1v) is 8.52. The fourth-order valence-electron chi connectivity index (χ4n) is 3.07. The number of nitrogens with zero attached hydrogens (tertiary/aromatic N) is 1. The third-order valence-electron chi connectivity index (χ3n) is 4.41. The standard InChI is InChI=1S/C17H18ClNOS/c18-16(20)17(15-6-11-21-13-15)7-9-19(10-8-17)12-14-4-2-1-3-5-14/h1-6,11,13H,7-10,12H2. The van der Waals surface area contributed by atoms with Gasteiger partial charge in [-0.05, 0) is 65.5 Å². The minimum Gasteiger partial charge on any atom is -0.299 e. The van der Waals surface area contributed by atoms with Crippen molar-refractivity contribution in [3.05, 3.63) is 58.3 Å². The lowest BCUT2D eigenvalue weighted by atomic mass is 9.75. The monoisotopic (exact) mass is 319 g/mol. The lowest BCUT2D eigenvalue weighted by molar-refractivity contribution is -0.118. The van der Waals surface area contributed by atoms with Crippen LogP contribution in [0.5, 0.6) is 0 Å². The van der Waals surface area contributed by atoms with E-state index in [2.05, 4.69) is 34.5 Å². The maximum Gasteiger partial charge on any atom is 0.232 e. The Hall–Kier alpha value is -1.16. The van der Waals surface area contributed by atoms with E-state index in [1.807, 2.05) is 17.5 Å². The molecule has 2 nitrogen and oxygen atoms in total. The quantitative estimate of drug-likeness (QED) is 0.792. The van der Waals surface area contributed by atoms with Crippen LogP contribution in [0, 0.1) is 0 Å². The minimum absolute atomic E-state index is 0.208. The number of likely N-dealkylation sites (tertiary alicyclic amines) is 1. The van der Waals surface area contributed by atoms with Crippen LogP contribution in [0.2, 0.25) is 0 Å². The van der Waals surface area contributed by atoms with Crippen LogP contribution in [0.1, 0.15) is 24.0 Å². The van der Waals surface area contributed by atoms with Crippen LogP contribution < -0.4 is 0 Å². The van der Waals surface area contributed by atoms with E-state index in [0.29, 0.717) is 0 Å². The first-order chi connectivity index (χ1) is 10.2. The van der Waals surface area contributed by atoms with Gasteiger partial charge in [0.1, 0.15) is 0 Å². The predicted molar refractivity (Wildman–Crippen MR) is 87.8 cm³/mol. The van der Waals surface area contributed by atoms with Crippen LogP contribution in [0.25, 0.3) is 0 Å². The van der Waals surface area contributed by atoms with Gasteiger partial charge < -0.3 is 0 Å². The van der Waals surface area contributed by atoms with Crippen LogP contribution >= 0.6 is 22.9 Å². The van der Waals surface area contributed by atoms with Crippen molar-refractivity contribution in [2.75, 3.05) is 13.1 Å². The maximum atomic E-state index is 12.0. The van der Waals surface area contributed by atoms with Gasteiger partial charge in [-0.3, -0.25) is 9.69 Å². The van der Waals surface area contributed by atoms with Crippen LogP contribution in [0.4, 0.5) is 0 Å². The molecule has 0 atom stereocenters. The van der Waals surface area contributed by atoms with E-state index in [4.69, 9.17) is 11.6 Å². The Balaban J connectivity index is 1.70. The van der Waals surface area contributed by atoms with Crippen LogP contribution in [-0.2, 0) is 16.8 Å². The molecule has 0 N–H and O–H groups in total. The summed E-state index contributed by atoms with van der Waals surface area (Å²) < 4.78 is 0. The Labute approximate surface area is 134 Å². The van der Waals surface area contributed by atoms with E-state index in [0.717, 1.165) is 38.0 Å². The summed E-state index contributed by atoms with van der Waals surface area (Å²) in [5, 5.41) is 3.88. The fraction of sp³-hybridized carbons (Fsp3) is 0.353. The topological polar surface area (TPSA) is 20.3 Å². The molecule has 0 saturated carbocycles. The maximum absolute atomic E-state index is 12.0. The molecule has 0 amide bonds. The van der Waals surface area contributed by atoms with Gasteiger partial charge >= 0.3 is 0 Å². The molecule has 21 heavy (non-hydrogen) atoms. The molecule has 1 aliphatic heterocycles. The molecular formula is C17H18ClNOS. The van der Waals surface area contributed by atoms with Crippen LogP contribution in [-0.4, -0.2) is 23.2 Å². The lowest BCUT2D eigenvalue weighted by Gasteiger charge is -2.39. The first-order valence-electron chi connectivity index (χ1n) is 7.20. The highest BCUT2D eigenvalue weighted by atomic mass is 35.5. The Morgan fingerprint density at radius 2 is 1.90 bits per heavy atom. The van der Waals surface area contributed by atoms with E-state index in [1.54, 1.807) is 11.3 Å². The fourth-order valence-corrected chi connectivity index (χ4v) is 4.12. The number of halogens is 1. The van der Waals surface area contributed by atoms with Gasteiger partial charge in [-0.2, -0.15) is 11.3 Å². The summed E-state index contributed by atoms with van der Waals surface area (Å²) in [5.74, 6) is 0. The number of thiophene rings is 1. The Morgan fingerprint density at radius 1 is 1.19 bits per heavy atom. The Morgan fingerprint density at radius 3 is 2.48 bits per heavy atom. The molecule has 1 aromatic carbocycles. The van der Waals surface area contributed by atoms with Gasteiger partial charge in [0.25, 0.3) is 0 Å². The number of benzene rings is 1. The van der Waals surface area contributed by atoms with Crippen molar-refractivity contribution in [3.8, 4) is 0 Å². The van der Waals surface area contributed by atoms with Crippen LogP contribution in [0.15, 0.2) is 47.2 Å². The van der Waals surface area contributed by atoms with Gasteiger partial charge in [0.2, 0.25) is 5.24 Å². The molecule has 1 fully saturated rings. The molecule has 3 rings (SSSR count). The molecule has 0 unspecified atom stereocenters. The predicted octanol–water partition coefficient (Wildman–Crippen LogP) is 4.05. The van der Waals surface area contributed by atoms with Crippen molar-refractivity contribution in [3.63, 3.8) is 0 Å². The normalized spacial score (nSPS) is 18.5. The number of carbonyl (C=O) groups is 1. The zero-order chi connectivity index (χ0) is 14.7. The molecule has 2 aromatic rings. The summed E-state index contributed by atoms with van der Waals surface area (Å²) in [7, 11) is 0. The third kappa shape index (κ3) is 3.05. The molecule has 110 valence electrons. The number of carbonyl (C=O) groups excluding carboxylic acids is 1. The molecule has 0 spiro atoms. The van der Waals surface area contributed by atoms with Gasteiger partial charge in [-0.15, -0.1) is 0 Å². The molecule has 0 aliphatic carbocycles. The summed E-state index contributed by atoms with van der Waals surface area (Å²) in [6.45, 7) is 2.75. The minimum atomic E-state index is -0.477. The van der Waals surface area contributed by atoms with Gasteiger partial charge in [-0.1, -0.05) is 30.3 Å². The van der Waals surface area contributed by atoms with Gasteiger partial charge in [-0.25, -0.2) is 0 Å². The van der Waals surface area contributed by atoms with Gasteiger partial charge in [0.05, 0.1) is 5.41 Å². The second kappa shape index (κ2) is 6.30. The highest BCUT2D eigenvalue weighted by Gasteiger charge is 2.42. The highest BCUT2D eigenvalue weighted by molar-refractivity contribution is 7.08. The van der Waals surface area contributed by atoms with E-state index in [9.17, 15) is 4.79 Å². The number of hydrogen-bond acceptors (Lipinski definition) is 3. The molecule has 1 saturated heterocycles. The molecule has 4 heteroatoms. The van der Waals surface area contributed by atoms with E-state index >= 15 is 0 Å². The molecule has 2 heterocycles. The van der Waals surface area contributed by atoms with Crippen molar-refractivity contribution in [2.45, 2.75) is 24.8 Å². The zero-order valence-electron chi connectivity index (χ0n) is 11.8. The van der Waals surface area contributed by atoms with Crippen molar-refractivity contribution in [1.29, 1.82) is 0 Å². The lowest BCUT2D eigenvalue weighted by Crippen LogP contribution is -2.45. The third-order valence-corrected chi connectivity index (χ3v) is 5.45. The molecule has 1 aliphatic rings. The van der Waals surface area contributed by atoms with Crippen molar-refractivity contribution in [1.82, 2.24) is 4.90 Å². The molecule has 1 aromatic heterocycles. The number of rotatable bonds is 4. The first kappa shape index (κ1) is 14.8. The summed E-state index contributed by atoms with van der Waals surface area (Å²) in [4.78, 5) is 14.4. The Bertz CT molecular complexity index is 589. The molecule has 0 radical (unpaired) electrons. The van der Waals surface area contributed by atoms with E-state index in [-0.39, 0.29) is 5.24 Å². The summed E-state index contributed by atoms with van der Waals surface area (Å²) in [5.41, 5.74) is 1.93. The summed E-state index contributed by atoms with van der Waals surface area (Å²) in [6, 6.07) is 12.5. The van der Waals surface area contributed by atoms with E-state index in [1.165, 1.54) is 5.56 Å². The number of piperidine rings is 1. The number of hydrogen-bond donors (Lipinski definition) is 0. The molecule has 0 bridgehead atoms. The smallest absolute Gasteiger partial charge is 0.232 e. The second-order valence-corrected chi connectivity index (χ2v) is 6.75. The second-order valence-electron chi connectivity index (χ2n) is 5.63. The summed E-state index contributed by atoms with van der Waals surface area (Å²) >= 11 is 7.59. The zero-order valence-corrected chi connectivity index (χ0v) is 13.4. The highest BCUT2D eigenvalue weighted by Crippen LogP contribution is 2.39. The van der Waals surface area contributed by atoms with Gasteiger partial charge in [0, 0.05) is 6.54 Å². The Kier molecular flexibility index (Phi) is 4.43. The van der Waals surface area contributed by atoms with E-state index < -0.39 is 5.41 Å². The van der Waals surface area contributed by atoms with Crippen molar-refractivity contribution >= 4 is 28.2 Å². The van der Waals surface area contributed by atoms with Crippen LogP contribution in [0.3, 0.4) is 0 Å². The van der Waals surface area contributed by atoms with Gasteiger partial charge in [0.15, 0.2) is 0 Å². The SMILES string of the molecule is O=C(Cl)C1(c2ccsc2)CCN(Cc2ccccc2)CC1. The van der Waals surface area contributed by atoms with Crippen molar-refractivity contribution in [2.24, 2.45) is 0 Å². The average molecular weight is 320 g/mol. The largest absolute Gasteiger partial charge is 0.299 e. The summed E-state index contributed by atoms with van der Waals surface area (Å²) in [6.07, 6.45) is 1.61. The molecular weight excluding hydrogens is 302 g/mol. The van der Waals surface area contributed by atoms with Crippen molar-refractivity contribution < 1.29 is 4.79 Å².